The van der Waals surface area contributed by atoms with E-state index in [1.807, 2.05) is 18.2 Å². The predicted molar refractivity (Wildman–Crippen MR) is 83.6 cm³/mol. The van der Waals surface area contributed by atoms with Gasteiger partial charge in [0, 0.05) is 25.4 Å². The number of para-hydroxylation sites is 1. The van der Waals surface area contributed by atoms with Gasteiger partial charge in [-0.25, -0.2) is 0 Å². The number of nitrogens with one attached hydrogen (secondary N) is 2. The molecule has 1 aliphatic rings. The summed E-state index contributed by atoms with van der Waals surface area (Å²) >= 11 is 5.32. The summed E-state index contributed by atoms with van der Waals surface area (Å²) in [5.74, 6) is 0.780. The molecule has 0 bridgehead atoms. The Morgan fingerprint density at radius 3 is 2.79 bits per heavy atom. The molecule has 0 saturated carbocycles. The van der Waals surface area contributed by atoms with Crippen LogP contribution >= 0.6 is 12.2 Å². The molecule has 1 fully saturated rings. The topological polar surface area (TPSA) is 33.3 Å². The highest BCUT2D eigenvalue weighted by atomic mass is 32.1. The highest BCUT2D eigenvalue weighted by Crippen LogP contribution is 2.17. The van der Waals surface area contributed by atoms with Gasteiger partial charge in [-0.05, 0) is 56.0 Å². The van der Waals surface area contributed by atoms with Crippen molar-refractivity contribution in [2.24, 2.45) is 5.92 Å². The highest BCUT2D eigenvalue weighted by Gasteiger charge is 2.13. The van der Waals surface area contributed by atoms with Crippen molar-refractivity contribution in [3.05, 3.63) is 29.8 Å². The number of hydrogen-bond acceptors (Lipinski definition) is 2. The third kappa shape index (κ3) is 4.80. The standard InChI is InChI=1S/C15H22N2OS/c1-12-4-2-3-5-14(12)17-15(19)16-9-6-13-7-10-18-11-8-13/h2-5,13H,6-11H2,1H3,(H2,16,17,19). The van der Waals surface area contributed by atoms with Crippen LogP contribution in [0.2, 0.25) is 0 Å². The van der Waals surface area contributed by atoms with Crippen LogP contribution in [-0.4, -0.2) is 24.9 Å². The summed E-state index contributed by atoms with van der Waals surface area (Å²) in [7, 11) is 0. The van der Waals surface area contributed by atoms with Crippen molar-refractivity contribution < 1.29 is 4.74 Å². The Hall–Kier alpha value is -1.13. The zero-order valence-electron chi connectivity index (χ0n) is 11.4. The molecule has 0 spiro atoms. The van der Waals surface area contributed by atoms with Crippen molar-refractivity contribution in [2.45, 2.75) is 26.2 Å². The van der Waals surface area contributed by atoms with E-state index < -0.39 is 0 Å². The zero-order chi connectivity index (χ0) is 13.5. The van der Waals surface area contributed by atoms with Gasteiger partial charge in [-0.3, -0.25) is 0 Å². The van der Waals surface area contributed by atoms with Crippen molar-refractivity contribution in [1.82, 2.24) is 5.32 Å². The molecule has 0 unspecified atom stereocenters. The summed E-state index contributed by atoms with van der Waals surface area (Å²) < 4.78 is 5.36. The van der Waals surface area contributed by atoms with E-state index in [4.69, 9.17) is 17.0 Å². The summed E-state index contributed by atoms with van der Waals surface area (Å²) in [6.45, 7) is 4.84. The zero-order valence-corrected chi connectivity index (χ0v) is 12.3. The van der Waals surface area contributed by atoms with Crippen molar-refractivity contribution in [3.63, 3.8) is 0 Å². The maximum atomic E-state index is 5.36. The second-order valence-corrected chi connectivity index (χ2v) is 5.45. The molecule has 0 amide bonds. The van der Waals surface area contributed by atoms with Crippen molar-refractivity contribution in [3.8, 4) is 0 Å². The molecule has 0 aromatic heterocycles. The molecule has 3 nitrogen and oxygen atoms in total. The molecule has 1 saturated heterocycles. The van der Waals surface area contributed by atoms with Gasteiger partial charge in [0.2, 0.25) is 0 Å². The molecule has 104 valence electrons. The molecule has 0 atom stereocenters. The van der Waals surface area contributed by atoms with E-state index in [1.54, 1.807) is 0 Å². The molecule has 0 aliphatic carbocycles. The van der Waals surface area contributed by atoms with Crippen LogP contribution in [0.1, 0.15) is 24.8 Å². The van der Waals surface area contributed by atoms with Crippen LogP contribution in [0.15, 0.2) is 24.3 Å². The number of ether oxygens (including phenoxy) is 1. The molecule has 1 heterocycles. The molecular formula is C15H22N2OS. The number of hydrogen-bond donors (Lipinski definition) is 2. The minimum absolute atomic E-state index is 0.710. The largest absolute Gasteiger partial charge is 0.381 e. The van der Waals surface area contributed by atoms with Gasteiger partial charge in [0.1, 0.15) is 0 Å². The van der Waals surface area contributed by atoms with E-state index in [-0.39, 0.29) is 0 Å². The van der Waals surface area contributed by atoms with Crippen molar-refractivity contribution in [2.75, 3.05) is 25.1 Å². The van der Waals surface area contributed by atoms with E-state index in [0.717, 1.165) is 31.4 Å². The number of aryl methyl sites for hydroxylation is 1. The first-order valence-corrected chi connectivity index (χ1v) is 7.35. The van der Waals surface area contributed by atoms with Crippen LogP contribution in [0.3, 0.4) is 0 Å². The predicted octanol–water partition coefficient (Wildman–Crippen LogP) is 3.10. The molecule has 1 aromatic rings. The van der Waals surface area contributed by atoms with Crippen LogP contribution in [0, 0.1) is 12.8 Å². The Labute approximate surface area is 120 Å². The summed E-state index contributed by atoms with van der Waals surface area (Å²) in [5.41, 5.74) is 2.28. The molecule has 2 N–H and O–H groups in total. The summed E-state index contributed by atoms with van der Waals surface area (Å²) in [5, 5.41) is 7.24. The van der Waals surface area contributed by atoms with Crippen LogP contribution in [0.5, 0.6) is 0 Å². The van der Waals surface area contributed by atoms with Gasteiger partial charge in [0.05, 0.1) is 0 Å². The molecule has 2 rings (SSSR count). The van der Waals surface area contributed by atoms with E-state index in [9.17, 15) is 0 Å². The first kappa shape index (κ1) is 14.3. The second kappa shape index (κ2) is 7.46. The Bertz CT molecular complexity index is 416. The van der Waals surface area contributed by atoms with Gasteiger partial charge < -0.3 is 15.4 Å². The van der Waals surface area contributed by atoms with Crippen LogP contribution < -0.4 is 10.6 Å². The number of thiocarbonyl (C=S) groups is 1. The van der Waals surface area contributed by atoms with Crippen molar-refractivity contribution in [1.29, 1.82) is 0 Å². The number of rotatable bonds is 4. The maximum Gasteiger partial charge on any atom is 0.170 e. The summed E-state index contributed by atoms with van der Waals surface area (Å²) in [6.07, 6.45) is 3.53. The lowest BCUT2D eigenvalue weighted by Crippen LogP contribution is -2.31. The Morgan fingerprint density at radius 1 is 1.32 bits per heavy atom. The van der Waals surface area contributed by atoms with Gasteiger partial charge in [-0.2, -0.15) is 0 Å². The average Bonchev–Trinajstić information content (AvgIpc) is 2.43. The first-order chi connectivity index (χ1) is 9.25. The summed E-state index contributed by atoms with van der Waals surface area (Å²) in [4.78, 5) is 0. The smallest absolute Gasteiger partial charge is 0.170 e. The molecule has 1 aliphatic heterocycles. The van der Waals surface area contributed by atoms with E-state index in [1.165, 1.54) is 24.8 Å². The fourth-order valence-corrected chi connectivity index (χ4v) is 2.52. The van der Waals surface area contributed by atoms with Gasteiger partial charge in [0.15, 0.2) is 5.11 Å². The third-order valence-corrected chi connectivity index (χ3v) is 3.82. The molecule has 4 heteroatoms. The average molecular weight is 278 g/mol. The van der Waals surface area contributed by atoms with Crippen LogP contribution in [0.25, 0.3) is 0 Å². The minimum atomic E-state index is 0.710. The second-order valence-electron chi connectivity index (χ2n) is 5.04. The highest BCUT2D eigenvalue weighted by molar-refractivity contribution is 7.80. The Balaban J connectivity index is 1.68. The lowest BCUT2D eigenvalue weighted by atomic mass is 9.97. The van der Waals surface area contributed by atoms with Crippen LogP contribution in [0.4, 0.5) is 5.69 Å². The van der Waals surface area contributed by atoms with Gasteiger partial charge in [-0.15, -0.1) is 0 Å². The number of benzene rings is 1. The van der Waals surface area contributed by atoms with E-state index >= 15 is 0 Å². The van der Waals surface area contributed by atoms with Gasteiger partial charge in [-0.1, -0.05) is 18.2 Å². The lowest BCUT2D eigenvalue weighted by molar-refractivity contribution is 0.0643. The van der Waals surface area contributed by atoms with Gasteiger partial charge >= 0.3 is 0 Å². The van der Waals surface area contributed by atoms with Crippen LogP contribution in [-0.2, 0) is 4.74 Å². The Kier molecular flexibility index (Phi) is 5.61. The molecular weight excluding hydrogens is 256 g/mol. The Morgan fingerprint density at radius 2 is 2.05 bits per heavy atom. The maximum absolute atomic E-state index is 5.36. The van der Waals surface area contributed by atoms with Crippen molar-refractivity contribution >= 4 is 23.0 Å². The minimum Gasteiger partial charge on any atom is -0.381 e. The SMILES string of the molecule is Cc1ccccc1NC(=S)NCCC1CCOCC1. The lowest BCUT2D eigenvalue weighted by Gasteiger charge is -2.22. The monoisotopic (exact) mass is 278 g/mol. The normalized spacial score (nSPS) is 16.1. The van der Waals surface area contributed by atoms with E-state index in [2.05, 4.69) is 23.6 Å². The fourth-order valence-electron chi connectivity index (χ4n) is 2.30. The molecule has 1 aromatic carbocycles. The summed E-state index contributed by atoms with van der Waals surface area (Å²) in [6, 6.07) is 8.16. The quantitative estimate of drug-likeness (QED) is 0.829. The van der Waals surface area contributed by atoms with Gasteiger partial charge in [0.25, 0.3) is 0 Å². The first-order valence-electron chi connectivity index (χ1n) is 6.94. The third-order valence-electron chi connectivity index (χ3n) is 3.57. The molecule has 0 radical (unpaired) electrons. The number of anilines is 1. The molecule has 19 heavy (non-hydrogen) atoms. The van der Waals surface area contributed by atoms with E-state index in [0.29, 0.717) is 5.11 Å². The fraction of sp³-hybridized carbons (Fsp3) is 0.533.